The van der Waals surface area contributed by atoms with Crippen LogP contribution in [0.15, 0.2) is 41.8 Å². The molecule has 0 aliphatic heterocycles. The molecule has 1 aromatic carbocycles. The minimum atomic E-state index is -0.826. The van der Waals surface area contributed by atoms with Gasteiger partial charge in [-0.25, -0.2) is 4.79 Å². The number of para-hydroxylation sites is 1. The highest BCUT2D eigenvalue weighted by Crippen LogP contribution is 2.18. The molecule has 10 heteroatoms. The summed E-state index contributed by atoms with van der Waals surface area (Å²) in [4.78, 5) is 37.0. The summed E-state index contributed by atoms with van der Waals surface area (Å²) in [6, 6.07) is 10.2. The average Bonchev–Trinajstić information content (AvgIpc) is 3.22. The average molecular weight is 412 g/mol. The molecule has 1 amide bonds. The van der Waals surface area contributed by atoms with Crippen molar-refractivity contribution in [3.8, 4) is 0 Å². The Morgan fingerprint density at radius 2 is 1.97 bits per heavy atom. The van der Waals surface area contributed by atoms with Gasteiger partial charge in [-0.05, 0) is 36.9 Å². The second-order valence-corrected chi connectivity index (χ2v) is 7.10. The number of nitrogens with one attached hydrogen (secondary N) is 2. The van der Waals surface area contributed by atoms with E-state index in [0.717, 1.165) is 11.3 Å². The fraction of sp³-hybridized carbons (Fsp3) is 0.211. The van der Waals surface area contributed by atoms with Gasteiger partial charge in [0.2, 0.25) is 11.9 Å². The van der Waals surface area contributed by atoms with Gasteiger partial charge in [-0.2, -0.15) is 15.0 Å². The number of rotatable bonds is 7. The smallest absolute Gasteiger partial charge is 0.328 e. The van der Waals surface area contributed by atoms with Crippen molar-refractivity contribution in [1.82, 2.24) is 20.3 Å². The molecule has 9 nitrogen and oxygen atoms in total. The number of anilines is 3. The molecule has 0 aliphatic carbocycles. The van der Waals surface area contributed by atoms with Gasteiger partial charge in [-0.3, -0.25) is 4.79 Å². The Labute approximate surface area is 171 Å². The van der Waals surface area contributed by atoms with Gasteiger partial charge in [0.05, 0.1) is 4.88 Å². The molecule has 0 spiro atoms. The van der Waals surface area contributed by atoms with Crippen LogP contribution in [0, 0.1) is 6.92 Å². The number of carbonyl (C=O) groups is 2. The zero-order valence-electron chi connectivity index (χ0n) is 15.9. The van der Waals surface area contributed by atoms with Crippen molar-refractivity contribution >= 4 is 40.8 Å². The highest BCUT2D eigenvalue weighted by atomic mass is 32.1. The third kappa shape index (κ3) is 5.48. The lowest BCUT2D eigenvalue weighted by Crippen LogP contribution is -2.39. The predicted octanol–water partition coefficient (Wildman–Crippen LogP) is 2.43. The van der Waals surface area contributed by atoms with E-state index < -0.39 is 12.0 Å². The minimum Gasteiger partial charge on any atom is -0.456 e. The van der Waals surface area contributed by atoms with Gasteiger partial charge >= 0.3 is 5.97 Å². The third-order valence-corrected chi connectivity index (χ3v) is 4.75. The van der Waals surface area contributed by atoms with Crippen LogP contribution < -0.4 is 16.4 Å². The number of amides is 1. The molecule has 0 fully saturated rings. The minimum absolute atomic E-state index is 0.00109. The van der Waals surface area contributed by atoms with Gasteiger partial charge < -0.3 is 21.1 Å². The molecule has 3 aromatic rings. The molecule has 1 atom stereocenters. The Bertz CT molecular complexity index is 1010. The summed E-state index contributed by atoms with van der Waals surface area (Å²) >= 11 is 1.29. The van der Waals surface area contributed by atoms with E-state index in [-0.39, 0.29) is 30.2 Å². The van der Waals surface area contributed by atoms with E-state index in [9.17, 15) is 9.59 Å². The van der Waals surface area contributed by atoms with Crippen molar-refractivity contribution in [3.63, 3.8) is 0 Å². The number of esters is 1. The summed E-state index contributed by atoms with van der Waals surface area (Å²) in [6.45, 7) is 3.29. The molecule has 29 heavy (non-hydrogen) atoms. The summed E-state index contributed by atoms with van der Waals surface area (Å²) in [6.07, 6.45) is 0. The van der Waals surface area contributed by atoms with E-state index in [1.807, 2.05) is 31.2 Å². The summed E-state index contributed by atoms with van der Waals surface area (Å²) in [5, 5.41) is 7.44. The van der Waals surface area contributed by atoms with E-state index >= 15 is 0 Å². The monoisotopic (exact) mass is 412 g/mol. The second kappa shape index (κ2) is 9.11. The van der Waals surface area contributed by atoms with Gasteiger partial charge in [0, 0.05) is 5.69 Å². The van der Waals surface area contributed by atoms with Crippen LogP contribution in [0.2, 0.25) is 0 Å². The molecule has 0 radical (unpaired) electrons. The molecule has 3 rings (SSSR count). The third-order valence-electron chi connectivity index (χ3n) is 3.88. The number of aryl methyl sites for hydroxylation is 1. The van der Waals surface area contributed by atoms with Crippen molar-refractivity contribution in [2.75, 3.05) is 11.1 Å². The number of carbonyl (C=O) groups excluding carboxylic acids is 2. The van der Waals surface area contributed by atoms with Crippen LogP contribution in [0.5, 0.6) is 0 Å². The maximum absolute atomic E-state index is 12.2. The van der Waals surface area contributed by atoms with E-state index in [2.05, 4.69) is 25.6 Å². The zero-order chi connectivity index (χ0) is 20.8. The lowest BCUT2D eigenvalue weighted by atomic mass is 10.2. The van der Waals surface area contributed by atoms with Crippen molar-refractivity contribution in [2.24, 2.45) is 0 Å². The number of hydrogen-bond donors (Lipinski definition) is 3. The summed E-state index contributed by atoms with van der Waals surface area (Å²) in [5.41, 5.74) is 7.57. The van der Waals surface area contributed by atoms with E-state index in [0.29, 0.717) is 4.88 Å². The summed E-state index contributed by atoms with van der Waals surface area (Å²) < 4.78 is 5.21. The van der Waals surface area contributed by atoms with Gasteiger partial charge in [0.15, 0.2) is 12.4 Å². The number of ether oxygens (including phenoxy) is 1. The van der Waals surface area contributed by atoms with Crippen LogP contribution >= 0.6 is 11.3 Å². The molecule has 0 saturated heterocycles. The number of hydrogen-bond acceptors (Lipinski definition) is 9. The molecule has 0 saturated carbocycles. The highest BCUT2D eigenvalue weighted by Gasteiger charge is 2.19. The van der Waals surface area contributed by atoms with Crippen molar-refractivity contribution in [2.45, 2.75) is 26.5 Å². The lowest BCUT2D eigenvalue weighted by molar-refractivity contribution is -0.147. The van der Waals surface area contributed by atoms with Crippen LogP contribution in [0.3, 0.4) is 0 Å². The van der Waals surface area contributed by atoms with Gasteiger partial charge in [-0.1, -0.05) is 24.3 Å². The molecule has 150 valence electrons. The summed E-state index contributed by atoms with van der Waals surface area (Å²) in [5.74, 6) is -0.502. The van der Waals surface area contributed by atoms with Crippen LogP contribution in [-0.2, 0) is 16.1 Å². The van der Waals surface area contributed by atoms with E-state index in [1.165, 1.54) is 11.3 Å². The van der Waals surface area contributed by atoms with Crippen LogP contribution in [0.4, 0.5) is 17.6 Å². The number of thiophene rings is 1. The fourth-order valence-electron chi connectivity index (χ4n) is 2.39. The molecule has 4 N–H and O–H groups in total. The first-order valence-corrected chi connectivity index (χ1v) is 9.64. The molecule has 0 aliphatic rings. The second-order valence-electron chi connectivity index (χ2n) is 6.15. The Hall–Kier alpha value is -3.53. The normalized spacial score (nSPS) is 11.5. The molecular weight excluding hydrogens is 392 g/mol. The molecule has 2 heterocycles. The molecule has 1 unspecified atom stereocenters. The van der Waals surface area contributed by atoms with E-state index in [4.69, 9.17) is 10.5 Å². The van der Waals surface area contributed by atoms with Crippen LogP contribution in [-0.4, -0.2) is 32.9 Å². The first-order valence-electron chi connectivity index (χ1n) is 8.76. The quantitative estimate of drug-likeness (QED) is 0.504. The number of aromatic nitrogens is 3. The Kier molecular flexibility index (Phi) is 6.35. The van der Waals surface area contributed by atoms with Crippen molar-refractivity contribution in [3.05, 3.63) is 58.0 Å². The van der Waals surface area contributed by atoms with E-state index in [1.54, 1.807) is 24.4 Å². The Morgan fingerprint density at radius 1 is 1.17 bits per heavy atom. The van der Waals surface area contributed by atoms with Gasteiger partial charge in [0.25, 0.3) is 5.91 Å². The largest absolute Gasteiger partial charge is 0.456 e. The first-order chi connectivity index (χ1) is 13.9. The molecule has 2 aromatic heterocycles. The van der Waals surface area contributed by atoms with Crippen molar-refractivity contribution in [1.29, 1.82) is 0 Å². The lowest BCUT2D eigenvalue weighted by Gasteiger charge is -2.13. The number of benzene rings is 1. The Morgan fingerprint density at radius 3 is 2.69 bits per heavy atom. The highest BCUT2D eigenvalue weighted by molar-refractivity contribution is 7.12. The molecular formula is C19H20N6O3S. The number of nitrogens with zero attached hydrogens (tertiary/aromatic N) is 3. The number of nitrogens with two attached hydrogens (primary N) is 1. The fourth-order valence-corrected chi connectivity index (χ4v) is 3.01. The first kappa shape index (κ1) is 20.2. The maximum Gasteiger partial charge on any atom is 0.328 e. The predicted molar refractivity (Wildman–Crippen MR) is 110 cm³/mol. The Balaban J connectivity index is 1.60. The van der Waals surface area contributed by atoms with Gasteiger partial charge in [-0.15, -0.1) is 11.3 Å². The molecule has 0 bridgehead atoms. The van der Waals surface area contributed by atoms with Crippen LogP contribution in [0.25, 0.3) is 0 Å². The SMILES string of the molecule is Cc1ccccc1Nc1nc(N)nc(COC(=O)C(C)NC(=O)c2cccs2)n1. The number of nitrogen functional groups attached to an aromatic ring is 1. The topological polar surface area (TPSA) is 132 Å². The maximum atomic E-state index is 12.2. The van der Waals surface area contributed by atoms with Gasteiger partial charge in [0.1, 0.15) is 6.04 Å². The zero-order valence-corrected chi connectivity index (χ0v) is 16.7. The van der Waals surface area contributed by atoms with Crippen LogP contribution in [0.1, 0.15) is 28.0 Å². The van der Waals surface area contributed by atoms with Crippen molar-refractivity contribution < 1.29 is 14.3 Å². The summed E-state index contributed by atoms with van der Waals surface area (Å²) in [7, 11) is 0. The standard InChI is InChI=1S/C19H20N6O3S/c1-11-6-3-4-7-13(11)22-19-24-15(23-18(20)25-19)10-28-17(27)12(2)21-16(26)14-8-5-9-29-14/h3-9,12H,10H2,1-2H3,(H,21,26)(H3,20,22,23,24,25).